The molecule has 0 amide bonds. The lowest BCUT2D eigenvalue weighted by Gasteiger charge is -2.10. The summed E-state index contributed by atoms with van der Waals surface area (Å²) in [6, 6.07) is 11.1. The molecule has 2 aromatic carbocycles. The van der Waals surface area contributed by atoms with Crippen LogP contribution in [0.15, 0.2) is 45.3 Å². The number of benzene rings is 2. The smallest absolute Gasteiger partial charge is 0.153 e. The number of aryl methyl sites for hydroxylation is 1. The zero-order valence-electron chi connectivity index (χ0n) is 9.61. The Kier molecular flexibility index (Phi) is 4.19. The van der Waals surface area contributed by atoms with Gasteiger partial charge in [0.25, 0.3) is 0 Å². The van der Waals surface area contributed by atoms with Crippen molar-refractivity contribution in [3.8, 4) is 11.5 Å². The maximum absolute atomic E-state index is 11.0. The van der Waals surface area contributed by atoms with Gasteiger partial charge in [0, 0.05) is 8.95 Å². The molecular formula is C14H10Br2O2. The minimum Gasteiger partial charge on any atom is -0.456 e. The minimum atomic E-state index is 0.520. The molecule has 2 rings (SSSR count). The van der Waals surface area contributed by atoms with Gasteiger partial charge in [0.2, 0.25) is 0 Å². The van der Waals surface area contributed by atoms with Crippen molar-refractivity contribution >= 4 is 38.1 Å². The minimum absolute atomic E-state index is 0.520. The molecule has 18 heavy (non-hydrogen) atoms. The van der Waals surface area contributed by atoms with E-state index in [0.29, 0.717) is 11.3 Å². The molecule has 0 radical (unpaired) electrons. The van der Waals surface area contributed by atoms with Gasteiger partial charge in [-0.2, -0.15) is 0 Å². The molecule has 0 atom stereocenters. The monoisotopic (exact) mass is 368 g/mol. The van der Waals surface area contributed by atoms with Gasteiger partial charge in [-0.25, -0.2) is 0 Å². The molecular weight excluding hydrogens is 360 g/mol. The zero-order valence-corrected chi connectivity index (χ0v) is 12.8. The van der Waals surface area contributed by atoms with Gasteiger partial charge in [-0.15, -0.1) is 0 Å². The van der Waals surface area contributed by atoms with Gasteiger partial charge >= 0.3 is 0 Å². The fourth-order valence-electron chi connectivity index (χ4n) is 1.55. The SMILES string of the molecule is Cc1cc(Br)ccc1Oc1ccc(Br)cc1C=O. The van der Waals surface area contributed by atoms with Crippen molar-refractivity contribution in [3.63, 3.8) is 0 Å². The fourth-order valence-corrected chi connectivity index (χ4v) is 2.40. The Morgan fingerprint density at radius 3 is 2.22 bits per heavy atom. The quantitative estimate of drug-likeness (QED) is 0.701. The molecule has 0 aromatic heterocycles. The highest BCUT2D eigenvalue weighted by Gasteiger charge is 2.07. The molecule has 0 aliphatic rings. The van der Waals surface area contributed by atoms with Crippen LogP contribution in [0, 0.1) is 6.92 Å². The number of hydrogen-bond acceptors (Lipinski definition) is 2. The van der Waals surface area contributed by atoms with E-state index >= 15 is 0 Å². The van der Waals surface area contributed by atoms with Crippen molar-refractivity contribution < 1.29 is 9.53 Å². The molecule has 0 aliphatic carbocycles. The average Bonchev–Trinajstić information content (AvgIpc) is 2.34. The first-order valence-electron chi connectivity index (χ1n) is 5.29. The van der Waals surface area contributed by atoms with Crippen LogP contribution in [0.25, 0.3) is 0 Å². The molecule has 0 fully saturated rings. The van der Waals surface area contributed by atoms with Gasteiger partial charge in [0.1, 0.15) is 11.5 Å². The second kappa shape index (κ2) is 5.67. The predicted octanol–water partition coefficient (Wildman–Crippen LogP) is 5.12. The Labute approximate surface area is 122 Å². The summed E-state index contributed by atoms with van der Waals surface area (Å²) in [4.78, 5) is 11.0. The molecule has 0 saturated heterocycles. The van der Waals surface area contributed by atoms with Gasteiger partial charge < -0.3 is 4.74 Å². The summed E-state index contributed by atoms with van der Waals surface area (Å²) < 4.78 is 7.62. The van der Waals surface area contributed by atoms with Crippen molar-refractivity contribution in [2.24, 2.45) is 0 Å². The molecule has 0 bridgehead atoms. The van der Waals surface area contributed by atoms with E-state index in [4.69, 9.17) is 4.74 Å². The first kappa shape index (κ1) is 13.3. The third-order valence-electron chi connectivity index (χ3n) is 2.46. The number of halogens is 2. The first-order valence-corrected chi connectivity index (χ1v) is 6.87. The van der Waals surface area contributed by atoms with Crippen molar-refractivity contribution in [2.45, 2.75) is 6.92 Å². The maximum atomic E-state index is 11.0. The topological polar surface area (TPSA) is 26.3 Å². The van der Waals surface area contributed by atoms with Crippen LogP contribution in [0.3, 0.4) is 0 Å². The average molecular weight is 370 g/mol. The lowest BCUT2D eigenvalue weighted by atomic mass is 10.2. The van der Waals surface area contributed by atoms with Crippen molar-refractivity contribution in [2.75, 3.05) is 0 Å². The van der Waals surface area contributed by atoms with E-state index in [9.17, 15) is 4.79 Å². The van der Waals surface area contributed by atoms with Gasteiger partial charge in [-0.1, -0.05) is 31.9 Å². The Morgan fingerprint density at radius 2 is 1.61 bits per heavy atom. The highest BCUT2D eigenvalue weighted by atomic mass is 79.9. The summed E-state index contributed by atoms with van der Waals surface area (Å²) >= 11 is 6.73. The normalized spacial score (nSPS) is 10.2. The standard InChI is InChI=1S/C14H10Br2O2/c1-9-6-11(15)2-4-13(9)18-14-5-3-12(16)7-10(14)8-17/h2-8H,1H3. The van der Waals surface area contributed by atoms with Crippen LogP contribution in [-0.4, -0.2) is 6.29 Å². The number of ether oxygens (including phenoxy) is 1. The fraction of sp³-hybridized carbons (Fsp3) is 0.0714. The lowest BCUT2D eigenvalue weighted by molar-refractivity contribution is 0.112. The lowest BCUT2D eigenvalue weighted by Crippen LogP contribution is -1.92. The molecule has 0 unspecified atom stereocenters. The number of carbonyl (C=O) groups excluding carboxylic acids is 1. The Morgan fingerprint density at radius 1 is 1.00 bits per heavy atom. The van der Waals surface area contributed by atoms with Crippen LogP contribution in [0.1, 0.15) is 15.9 Å². The van der Waals surface area contributed by atoms with E-state index < -0.39 is 0 Å². The van der Waals surface area contributed by atoms with Crippen molar-refractivity contribution in [3.05, 3.63) is 56.5 Å². The zero-order chi connectivity index (χ0) is 13.1. The van der Waals surface area contributed by atoms with E-state index in [1.807, 2.05) is 31.2 Å². The molecule has 2 aromatic rings. The number of rotatable bonds is 3. The highest BCUT2D eigenvalue weighted by Crippen LogP contribution is 2.30. The summed E-state index contributed by atoms with van der Waals surface area (Å²) in [5.41, 5.74) is 1.52. The summed E-state index contributed by atoms with van der Waals surface area (Å²) in [5, 5.41) is 0. The predicted molar refractivity (Wildman–Crippen MR) is 78.5 cm³/mol. The molecule has 0 N–H and O–H groups in total. The summed E-state index contributed by atoms with van der Waals surface area (Å²) in [6.07, 6.45) is 0.786. The second-order valence-electron chi connectivity index (χ2n) is 3.81. The molecule has 0 spiro atoms. The van der Waals surface area contributed by atoms with Crippen LogP contribution >= 0.6 is 31.9 Å². The van der Waals surface area contributed by atoms with E-state index in [-0.39, 0.29) is 0 Å². The van der Waals surface area contributed by atoms with E-state index in [0.717, 1.165) is 26.5 Å². The third kappa shape index (κ3) is 3.00. The van der Waals surface area contributed by atoms with Gasteiger partial charge in [-0.05, 0) is 48.9 Å². The molecule has 92 valence electrons. The number of carbonyl (C=O) groups is 1. The Bertz CT molecular complexity index is 594. The molecule has 0 aliphatic heterocycles. The van der Waals surface area contributed by atoms with Crippen molar-refractivity contribution in [1.29, 1.82) is 0 Å². The Balaban J connectivity index is 2.36. The molecule has 4 heteroatoms. The third-order valence-corrected chi connectivity index (χ3v) is 3.44. The van der Waals surface area contributed by atoms with Crippen LogP contribution in [0.2, 0.25) is 0 Å². The second-order valence-corrected chi connectivity index (χ2v) is 5.64. The largest absolute Gasteiger partial charge is 0.456 e. The van der Waals surface area contributed by atoms with E-state index in [1.165, 1.54) is 0 Å². The van der Waals surface area contributed by atoms with Gasteiger partial charge in [0.15, 0.2) is 6.29 Å². The van der Waals surface area contributed by atoms with Crippen LogP contribution < -0.4 is 4.74 Å². The van der Waals surface area contributed by atoms with E-state index in [1.54, 1.807) is 12.1 Å². The van der Waals surface area contributed by atoms with Crippen LogP contribution in [0.4, 0.5) is 0 Å². The summed E-state index contributed by atoms with van der Waals surface area (Å²) in [7, 11) is 0. The summed E-state index contributed by atoms with van der Waals surface area (Å²) in [6.45, 7) is 1.96. The molecule has 0 heterocycles. The van der Waals surface area contributed by atoms with Gasteiger partial charge in [-0.3, -0.25) is 4.79 Å². The first-order chi connectivity index (χ1) is 8.60. The maximum Gasteiger partial charge on any atom is 0.153 e. The van der Waals surface area contributed by atoms with Gasteiger partial charge in [0.05, 0.1) is 5.56 Å². The van der Waals surface area contributed by atoms with Crippen LogP contribution in [-0.2, 0) is 0 Å². The number of hydrogen-bond donors (Lipinski definition) is 0. The number of aldehydes is 1. The van der Waals surface area contributed by atoms with Crippen molar-refractivity contribution in [1.82, 2.24) is 0 Å². The Hall–Kier alpha value is -1.13. The molecule has 0 saturated carbocycles. The molecule has 2 nitrogen and oxygen atoms in total. The van der Waals surface area contributed by atoms with E-state index in [2.05, 4.69) is 31.9 Å². The van der Waals surface area contributed by atoms with Crippen LogP contribution in [0.5, 0.6) is 11.5 Å². The summed E-state index contributed by atoms with van der Waals surface area (Å²) in [5.74, 6) is 1.29. The highest BCUT2D eigenvalue weighted by molar-refractivity contribution is 9.10.